The van der Waals surface area contributed by atoms with Crippen molar-refractivity contribution >= 4 is 5.97 Å². The molecule has 0 aliphatic carbocycles. The fourth-order valence-corrected chi connectivity index (χ4v) is 4.00. The predicted octanol–water partition coefficient (Wildman–Crippen LogP) is 8.00. The Morgan fingerprint density at radius 1 is 0.676 bits per heavy atom. The van der Waals surface area contributed by atoms with Crippen LogP contribution in [0.1, 0.15) is 93.3 Å². The van der Waals surface area contributed by atoms with Gasteiger partial charge in [0.1, 0.15) is 5.75 Å². The first kappa shape index (κ1) is 25.6. The molecule has 1 aromatic heterocycles. The minimum Gasteiger partial charge on any atom is -0.422 e. The van der Waals surface area contributed by atoms with Crippen molar-refractivity contribution in [2.24, 2.45) is 0 Å². The van der Waals surface area contributed by atoms with E-state index in [1.807, 2.05) is 24.3 Å². The second-order valence-electron chi connectivity index (χ2n) is 8.99. The molecule has 4 nitrogen and oxygen atoms in total. The van der Waals surface area contributed by atoms with E-state index in [-0.39, 0.29) is 5.69 Å². The zero-order valence-electron chi connectivity index (χ0n) is 20.8. The molecule has 0 radical (unpaired) electrons. The van der Waals surface area contributed by atoms with Crippen molar-refractivity contribution in [3.8, 4) is 17.0 Å². The molecule has 0 saturated heterocycles. The van der Waals surface area contributed by atoms with Crippen LogP contribution in [0.2, 0.25) is 0 Å². The molecule has 3 rings (SSSR count). The maximum absolute atomic E-state index is 12.5. The van der Waals surface area contributed by atoms with Gasteiger partial charge in [0.2, 0.25) is 0 Å². The minimum atomic E-state index is -0.492. The summed E-state index contributed by atoms with van der Waals surface area (Å²) in [7, 11) is 0. The van der Waals surface area contributed by atoms with Gasteiger partial charge in [-0.15, -0.1) is 0 Å². The van der Waals surface area contributed by atoms with Crippen molar-refractivity contribution in [3.63, 3.8) is 0 Å². The molecule has 34 heavy (non-hydrogen) atoms. The number of hydrogen-bond donors (Lipinski definition) is 0. The molecular formula is C30H38N2O2. The Morgan fingerprint density at radius 2 is 1.24 bits per heavy atom. The quantitative estimate of drug-likeness (QED) is 0.139. The third-order valence-electron chi connectivity index (χ3n) is 6.13. The van der Waals surface area contributed by atoms with Gasteiger partial charge in [-0.25, -0.2) is 9.78 Å². The molecule has 0 fully saturated rings. The first-order chi connectivity index (χ1) is 16.7. The summed E-state index contributed by atoms with van der Waals surface area (Å²) in [5, 5.41) is 0. The number of rotatable bonds is 14. The summed E-state index contributed by atoms with van der Waals surface area (Å²) in [6, 6.07) is 16.2. The molecule has 180 valence electrons. The first-order valence-electron chi connectivity index (χ1n) is 12.9. The Morgan fingerprint density at radius 3 is 1.79 bits per heavy atom. The highest BCUT2D eigenvalue weighted by Crippen LogP contribution is 2.19. The number of nitrogens with zero attached hydrogens (tertiary/aromatic N) is 2. The van der Waals surface area contributed by atoms with Crippen molar-refractivity contribution in [3.05, 3.63) is 77.7 Å². The summed E-state index contributed by atoms with van der Waals surface area (Å²) in [6.45, 7) is 4.46. The van der Waals surface area contributed by atoms with Gasteiger partial charge >= 0.3 is 5.97 Å². The molecule has 3 aromatic rings. The second kappa shape index (κ2) is 14.3. The fourth-order valence-electron chi connectivity index (χ4n) is 4.00. The van der Waals surface area contributed by atoms with Gasteiger partial charge in [0.15, 0.2) is 5.69 Å². The lowest BCUT2D eigenvalue weighted by atomic mass is 10.0. The number of carbonyl (C=O) groups is 1. The maximum atomic E-state index is 12.5. The standard InChI is InChI=1S/C30H38N2O2/c1-3-5-7-9-11-13-25-16-20-27(21-17-25)34-30(33)29-23-31-28(22-32-29)26-18-14-24(15-19-26)12-10-8-6-4-2/h14-23H,3-13H2,1-2H3. The minimum absolute atomic E-state index is 0.205. The van der Waals surface area contributed by atoms with Crippen molar-refractivity contribution in [2.75, 3.05) is 0 Å². The van der Waals surface area contributed by atoms with E-state index in [0.717, 1.165) is 24.1 Å². The molecular weight excluding hydrogens is 420 g/mol. The fraction of sp³-hybridized carbons (Fsp3) is 0.433. The molecule has 0 aliphatic heterocycles. The third kappa shape index (κ3) is 8.40. The highest BCUT2D eigenvalue weighted by atomic mass is 16.5. The SMILES string of the molecule is CCCCCCCc1ccc(OC(=O)c2cnc(-c3ccc(CCCCCC)cc3)cn2)cc1. The number of benzene rings is 2. The Kier molecular flexibility index (Phi) is 10.8. The van der Waals surface area contributed by atoms with E-state index in [0.29, 0.717) is 5.75 Å². The van der Waals surface area contributed by atoms with Crippen LogP contribution in [0.5, 0.6) is 5.75 Å². The van der Waals surface area contributed by atoms with Gasteiger partial charge in [-0.3, -0.25) is 4.98 Å². The molecule has 0 N–H and O–H groups in total. The summed E-state index contributed by atoms with van der Waals surface area (Å²) in [4.78, 5) is 21.2. The first-order valence-corrected chi connectivity index (χ1v) is 12.9. The van der Waals surface area contributed by atoms with Crippen LogP contribution in [-0.2, 0) is 12.8 Å². The number of carbonyl (C=O) groups excluding carboxylic acids is 1. The van der Waals surface area contributed by atoms with Crippen LogP contribution in [0.15, 0.2) is 60.9 Å². The summed E-state index contributed by atoms with van der Waals surface area (Å²) in [5.41, 5.74) is 4.56. The summed E-state index contributed by atoms with van der Waals surface area (Å²) in [6.07, 6.45) is 16.7. The van der Waals surface area contributed by atoms with E-state index < -0.39 is 5.97 Å². The topological polar surface area (TPSA) is 52.1 Å². The molecule has 0 bridgehead atoms. The number of hydrogen-bond acceptors (Lipinski definition) is 4. The van der Waals surface area contributed by atoms with Crippen LogP contribution in [0.4, 0.5) is 0 Å². The molecule has 0 saturated carbocycles. The Labute approximate surface area is 204 Å². The average molecular weight is 459 g/mol. The van der Waals surface area contributed by atoms with Gasteiger partial charge in [0.05, 0.1) is 18.1 Å². The zero-order chi connectivity index (χ0) is 24.0. The van der Waals surface area contributed by atoms with Crippen LogP contribution in [0.25, 0.3) is 11.3 Å². The van der Waals surface area contributed by atoms with Crippen molar-refractivity contribution in [1.82, 2.24) is 9.97 Å². The zero-order valence-corrected chi connectivity index (χ0v) is 20.8. The lowest BCUT2D eigenvalue weighted by Gasteiger charge is -2.07. The highest BCUT2D eigenvalue weighted by molar-refractivity contribution is 5.88. The van der Waals surface area contributed by atoms with Gasteiger partial charge in [0, 0.05) is 5.56 Å². The lowest BCUT2D eigenvalue weighted by Crippen LogP contribution is -2.11. The molecule has 2 aromatic carbocycles. The van der Waals surface area contributed by atoms with Crippen LogP contribution in [0.3, 0.4) is 0 Å². The van der Waals surface area contributed by atoms with E-state index >= 15 is 0 Å². The largest absolute Gasteiger partial charge is 0.422 e. The Balaban J connectivity index is 1.49. The highest BCUT2D eigenvalue weighted by Gasteiger charge is 2.12. The van der Waals surface area contributed by atoms with Crippen LogP contribution in [0, 0.1) is 0 Å². The summed E-state index contributed by atoms with van der Waals surface area (Å²) in [5.74, 6) is 0.0360. The smallest absolute Gasteiger partial charge is 0.363 e. The van der Waals surface area contributed by atoms with E-state index in [4.69, 9.17) is 4.74 Å². The van der Waals surface area contributed by atoms with E-state index in [1.165, 1.54) is 75.1 Å². The normalized spacial score (nSPS) is 10.9. The van der Waals surface area contributed by atoms with E-state index in [9.17, 15) is 4.79 Å². The second-order valence-corrected chi connectivity index (χ2v) is 8.99. The van der Waals surface area contributed by atoms with Gasteiger partial charge in [-0.2, -0.15) is 0 Å². The van der Waals surface area contributed by atoms with E-state index in [1.54, 1.807) is 6.20 Å². The molecule has 0 unspecified atom stereocenters. The third-order valence-corrected chi connectivity index (χ3v) is 6.13. The van der Waals surface area contributed by atoms with Crippen molar-refractivity contribution in [2.45, 2.75) is 84.5 Å². The Hall–Kier alpha value is -3.01. The summed E-state index contributed by atoms with van der Waals surface area (Å²) >= 11 is 0. The van der Waals surface area contributed by atoms with Gasteiger partial charge in [-0.05, 0) is 48.9 Å². The molecule has 0 aliphatic rings. The molecule has 0 spiro atoms. The number of esters is 1. The lowest BCUT2D eigenvalue weighted by molar-refractivity contribution is 0.0728. The van der Waals surface area contributed by atoms with E-state index in [2.05, 4.69) is 48.1 Å². The van der Waals surface area contributed by atoms with Gasteiger partial charge in [0.25, 0.3) is 0 Å². The number of aromatic nitrogens is 2. The monoisotopic (exact) mass is 458 g/mol. The molecule has 4 heteroatoms. The van der Waals surface area contributed by atoms with Crippen LogP contribution >= 0.6 is 0 Å². The molecule has 0 amide bonds. The summed E-state index contributed by atoms with van der Waals surface area (Å²) < 4.78 is 5.49. The van der Waals surface area contributed by atoms with Crippen LogP contribution < -0.4 is 4.74 Å². The van der Waals surface area contributed by atoms with Gasteiger partial charge in [-0.1, -0.05) is 95.2 Å². The molecule has 1 heterocycles. The predicted molar refractivity (Wildman–Crippen MR) is 139 cm³/mol. The maximum Gasteiger partial charge on any atom is 0.363 e. The van der Waals surface area contributed by atoms with Crippen LogP contribution in [-0.4, -0.2) is 15.9 Å². The number of unbranched alkanes of at least 4 members (excludes halogenated alkanes) is 7. The molecule has 0 atom stereocenters. The van der Waals surface area contributed by atoms with Crippen molar-refractivity contribution < 1.29 is 9.53 Å². The Bertz CT molecular complexity index is 980. The van der Waals surface area contributed by atoms with Gasteiger partial charge < -0.3 is 4.74 Å². The number of ether oxygens (including phenoxy) is 1. The number of aryl methyl sites for hydroxylation is 2. The van der Waals surface area contributed by atoms with Crippen molar-refractivity contribution in [1.29, 1.82) is 0 Å². The average Bonchev–Trinajstić information content (AvgIpc) is 2.88.